The van der Waals surface area contributed by atoms with Crippen LogP contribution in [0.15, 0.2) is 36.4 Å². The van der Waals surface area contributed by atoms with Crippen LogP contribution in [0.5, 0.6) is 0 Å². The second-order valence-corrected chi connectivity index (χ2v) is 4.50. The fraction of sp³-hybridized carbons (Fsp3) is 0.308. The minimum atomic E-state index is -0.00466. The number of alkyl halides is 1. The van der Waals surface area contributed by atoms with Gasteiger partial charge in [-0.15, -0.1) is 11.6 Å². The summed E-state index contributed by atoms with van der Waals surface area (Å²) < 4.78 is 0. The van der Waals surface area contributed by atoms with Crippen molar-refractivity contribution in [3.8, 4) is 0 Å². The van der Waals surface area contributed by atoms with E-state index in [1.807, 2.05) is 24.3 Å². The minimum absolute atomic E-state index is 0.00466. The summed E-state index contributed by atoms with van der Waals surface area (Å²) in [5, 5.41) is 0. The highest BCUT2D eigenvalue weighted by molar-refractivity contribution is 6.19. The number of anilines is 1. The molecular weight excluding hydrogens is 236 g/mol. The summed E-state index contributed by atoms with van der Waals surface area (Å²) in [5.74, 6) is 0.371. The van der Waals surface area contributed by atoms with Gasteiger partial charge in [0.25, 0.3) is 0 Å². The molecule has 0 saturated carbocycles. The van der Waals surface area contributed by atoms with Gasteiger partial charge in [-0.2, -0.15) is 0 Å². The molecule has 0 unspecified atom stereocenters. The van der Waals surface area contributed by atoms with Crippen molar-refractivity contribution in [1.29, 1.82) is 0 Å². The number of nitrogens with zero attached hydrogens (tertiary/aromatic N) is 2. The van der Waals surface area contributed by atoms with Crippen molar-refractivity contribution in [2.75, 3.05) is 24.4 Å². The molecule has 0 aliphatic carbocycles. The van der Waals surface area contributed by atoms with E-state index in [0.717, 1.165) is 16.8 Å². The van der Waals surface area contributed by atoms with Crippen molar-refractivity contribution >= 4 is 23.3 Å². The Labute approximate surface area is 106 Å². The van der Waals surface area contributed by atoms with Crippen molar-refractivity contribution < 1.29 is 4.79 Å². The molecule has 1 heterocycles. The molecule has 0 bridgehead atoms. The number of rotatable bonds is 3. The number of hydrogen-bond donors (Lipinski definition) is 0. The van der Waals surface area contributed by atoms with E-state index in [0.29, 0.717) is 19.0 Å². The molecule has 0 aromatic heterocycles. The quantitative estimate of drug-likeness (QED) is 0.598. The van der Waals surface area contributed by atoms with Gasteiger partial charge in [0.15, 0.2) is 0 Å². The Morgan fingerprint density at radius 3 is 2.88 bits per heavy atom. The number of para-hydroxylation sites is 1. The summed E-state index contributed by atoms with van der Waals surface area (Å²) in [6, 6.07) is 7.91. The Morgan fingerprint density at radius 2 is 2.18 bits per heavy atom. The number of amides is 2. The molecule has 1 aliphatic heterocycles. The Bertz CT molecular complexity index is 458. The molecule has 90 valence electrons. The highest BCUT2D eigenvalue weighted by atomic mass is 35.5. The van der Waals surface area contributed by atoms with Crippen LogP contribution in [0.3, 0.4) is 0 Å². The lowest BCUT2D eigenvalue weighted by Crippen LogP contribution is -2.46. The Hall–Kier alpha value is -1.48. The highest BCUT2D eigenvalue weighted by Crippen LogP contribution is 2.28. The van der Waals surface area contributed by atoms with E-state index in [-0.39, 0.29) is 6.03 Å². The molecule has 17 heavy (non-hydrogen) atoms. The first-order valence-electron chi connectivity index (χ1n) is 5.46. The summed E-state index contributed by atoms with van der Waals surface area (Å²) in [4.78, 5) is 15.5. The molecule has 4 heteroatoms. The third-order valence-corrected chi connectivity index (χ3v) is 3.20. The molecular formula is C13H15ClN2O. The SMILES string of the molecule is C=C(CCl)CN1C(=O)N(C)Cc2ccccc21. The number of benzene rings is 1. The Morgan fingerprint density at radius 1 is 1.47 bits per heavy atom. The van der Waals surface area contributed by atoms with E-state index in [2.05, 4.69) is 6.58 Å². The Kier molecular flexibility index (Phi) is 3.38. The largest absolute Gasteiger partial charge is 0.324 e. The zero-order valence-electron chi connectivity index (χ0n) is 9.82. The highest BCUT2D eigenvalue weighted by Gasteiger charge is 2.27. The lowest BCUT2D eigenvalue weighted by molar-refractivity contribution is 0.211. The van der Waals surface area contributed by atoms with Crippen molar-refractivity contribution in [1.82, 2.24) is 4.90 Å². The van der Waals surface area contributed by atoms with Gasteiger partial charge in [0.1, 0.15) is 0 Å². The van der Waals surface area contributed by atoms with Gasteiger partial charge in [-0.3, -0.25) is 4.90 Å². The van der Waals surface area contributed by atoms with E-state index in [4.69, 9.17) is 11.6 Å². The topological polar surface area (TPSA) is 23.6 Å². The first-order valence-corrected chi connectivity index (χ1v) is 6.00. The maximum Gasteiger partial charge on any atom is 0.324 e. The molecule has 0 spiro atoms. The van der Waals surface area contributed by atoms with E-state index >= 15 is 0 Å². The zero-order chi connectivity index (χ0) is 12.4. The van der Waals surface area contributed by atoms with Crippen LogP contribution in [-0.2, 0) is 6.54 Å². The summed E-state index contributed by atoms with van der Waals surface area (Å²) in [6.45, 7) is 4.98. The molecule has 0 atom stereocenters. The average molecular weight is 251 g/mol. The predicted molar refractivity (Wildman–Crippen MR) is 70.5 cm³/mol. The first-order chi connectivity index (χ1) is 8.13. The van der Waals surface area contributed by atoms with Crippen LogP contribution in [0.2, 0.25) is 0 Å². The lowest BCUT2D eigenvalue weighted by Gasteiger charge is -2.35. The van der Waals surface area contributed by atoms with Crippen LogP contribution in [0, 0.1) is 0 Å². The van der Waals surface area contributed by atoms with Crippen LogP contribution in [0.4, 0.5) is 10.5 Å². The fourth-order valence-corrected chi connectivity index (χ4v) is 2.04. The van der Waals surface area contributed by atoms with E-state index in [1.165, 1.54) is 0 Å². The van der Waals surface area contributed by atoms with Gasteiger partial charge in [-0.05, 0) is 17.2 Å². The molecule has 1 aliphatic rings. The van der Waals surface area contributed by atoms with Gasteiger partial charge in [-0.1, -0.05) is 24.8 Å². The van der Waals surface area contributed by atoms with E-state index in [1.54, 1.807) is 16.8 Å². The van der Waals surface area contributed by atoms with Gasteiger partial charge < -0.3 is 4.90 Å². The number of halogens is 1. The van der Waals surface area contributed by atoms with Gasteiger partial charge in [0.2, 0.25) is 0 Å². The molecule has 0 radical (unpaired) electrons. The molecule has 0 N–H and O–H groups in total. The van der Waals surface area contributed by atoms with Crippen LogP contribution in [0.1, 0.15) is 5.56 Å². The van der Waals surface area contributed by atoms with Gasteiger partial charge in [-0.25, -0.2) is 4.79 Å². The number of carbonyl (C=O) groups is 1. The number of hydrogen-bond acceptors (Lipinski definition) is 1. The van der Waals surface area contributed by atoms with Crippen molar-refractivity contribution in [2.45, 2.75) is 6.54 Å². The number of fused-ring (bicyclic) bond motifs is 1. The van der Waals surface area contributed by atoms with Gasteiger partial charge >= 0.3 is 6.03 Å². The average Bonchev–Trinajstić information content (AvgIpc) is 2.34. The van der Waals surface area contributed by atoms with Crippen LogP contribution in [-0.4, -0.2) is 30.4 Å². The standard InChI is InChI=1S/C13H15ClN2O/c1-10(7-14)8-16-12-6-4-3-5-11(12)9-15(2)13(16)17/h3-6H,1,7-9H2,2H3. The van der Waals surface area contributed by atoms with Crippen molar-refractivity contribution in [2.24, 2.45) is 0 Å². The molecule has 1 aromatic rings. The number of urea groups is 1. The maximum atomic E-state index is 12.1. The van der Waals surface area contributed by atoms with Gasteiger partial charge in [0, 0.05) is 26.0 Å². The van der Waals surface area contributed by atoms with Gasteiger partial charge in [0.05, 0.1) is 5.69 Å². The molecule has 2 amide bonds. The fourth-order valence-electron chi connectivity index (χ4n) is 1.96. The van der Waals surface area contributed by atoms with Crippen LogP contribution in [0.25, 0.3) is 0 Å². The first kappa shape index (κ1) is 12.0. The second-order valence-electron chi connectivity index (χ2n) is 4.24. The minimum Gasteiger partial charge on any atom is -0.323 e. The van der Waals surface area contributed by atoms with Crippen LogP contribution >= 0.6 is 11.6 Å². The van der Waals surface area contributed by atoms with Crippen molar-refractivity contribution in [3.63, 3.8) is 0 Å². The van der Waals surface area contributed by atoms with E-state index < -0.39 is 0 Å². The summed E-state index contributed by atoms with van der Waals surface area (Å²) >= 11 is 5.73. The lowest BCUT2D eigenvalue weighted by atomic mass is 10.1. The third kappa shape index (κ3) is 2.29. The third-order valence-electron chi connectivity index (χ3n) is 2.82. The summed E-state index contributed by atoms with van der Waals surface area (Å²) in [5.41, 5.74) is 2.95. The second kappa shape index (κ2) is 4.80. The molecule has 0 fully saturated rings. The molecule has 0 saturated heterocycles. The molecule has 2 rings (SSSR count). The van der Waals surface area contributed by atoms with Crippen molar-refractivity contribution in [3.05, 3.63) is 42.0 Å². The zero-order valence-corrected chi connectivity index (χ0v) is 10.6. The smallest absolute Gasteiger partial charge is 0.323 e. The molecule has 1 aromatic carbocycles. The summed E-state index contributed by atoms with van der Waals surface area (Å²) in [7, 11) is 1.80. The normalized spacial score (nSPS) is 14.8. The maximum absolute atomic E-state index is 12.1. The monoisotopic (exact) mass is 250 g/mol. The predicted octanol–water partition coefficient (Wildman–Crippen LogP) is 2.85. The molecule has 3 nitrogen and oxygen atoms in total. The number of carbonyl (C=O) groups excluding carboxylic acids is 1. The summed E-state index contributed by atoms with van der Waals surface area (Å²) in [6.07, 6.45) is 0. The Balaban J connectivity index is 2.35. The van der Waals surface area contributed by atoms with Crippen LogP contribution < -0.4 is 4.90 Å². The van der Waals surface area contributed by atoms with E-state index in [9.17, 15) is 4.79 Å².